The number of nitrogens with one attached hydrogen (secondary N) is 1. The van der Waals surface area contributed by atoms with E-state index in [0.717, 1.165) is 39.2 Å². The number of aromatic nitrogens is 5. The molecule has 5 nitrogen and oxygen atoms in total. The van der Waals surface area contributed by atoms with E-state index in [1.165, 1.54) is 0 Å². The third kappa shape index (κ3) is 2.13. The zero-order chi connectivity index (χ0) is 14.9. The van der Waals surface area contributed by atoms with Crippen molar-refractivity contribution in [2.75, 3.05) is 0 Å². The summed E-state index contributed by atoms with van der Waals surface area (Å²) in [5.41, 5.74) is 6.56. The summed E-state index contributed by atoms with van der Waals surface area (Å²) in [4.78, 5) is 13.2. The lowest BCUT2D eigenvalue weighted by Crippen LogP contribution is -1.89. The molecule has 22 heavy (non-hydrogen) atoms. The van der Waals surface area contributed by atoms with Crippen LogP contribution in [0, 0.1) is 6.92 Å². The van der Waals surface area contributed by atoms with Crippen LogP contribution in [-0.4, -0.2) is 25.1 Å². The number of aromatic amines is 1. The van der Waals surface area contributed by atoms with Crippen molar-refractivity contribution in [3.63, 3.8) is 0 Å². The Balaban J connectivity index is 1.87. The maximum Gasteiger partial charge on any atom is 0.0912 e. The average Bonchev–Trinajstić information content (AvgIpc) is 3.04. The molecule has 0 amide bonds. The monoisotopic (exact) mass is 287 g/mol. The van der Waals surface area contributed by atoms with Crippen LogP contribution in [0.3, 0.4) is 0 Å². The van der Waals surface area contributed by atoms with E-state index in [2.05, 4.69) is 25.1 Å². The van der Waals surface area contributed by atoms with Crippen LogP contribution in [0.25, 0.3) is 33.5 Å². The fraction of sp³-hybridized carbons (Fsp3) is 0.0588. The first-order chi connectivity index (χ1) is 10.8. The Bertz CT molecular complexity index is 958. The predicted molar refractivity (Wildman–Crippen MR) is 85.1 cm³/mol. The standard InChI is InChI=1S/C17H13N5/c1-11-3-2-4-15(21-11)17-13(10-20-22-17)12-5-6-14-16(9-12)19-8-7-18-14/h2-10H,1H3,(H,20,22). The topological polar surface area (TPSA) is 67.3 Å². The van der Waals surface area contributed by atoms with E-state index >= 15 is 0 Å². The van der Waals surface area contributed by atoms with E-state index < -0.39 is 0 Å². The van der Waals surface area contributed by atoms with Crippen molar-refractivity contribution >= 4 is 11.0 Å². The maximum atomic E-state index is 4.56. The Kier molecular flexibility index (Phi) is 2.89. The molecule has 5 heteroatoms. The quantitative estimate of drug-likeness (QED) is 0.613. The molecular weight excluding hydrogens is 274 g/mol. The van der Waals surface area contributed by atoms with Gasteiger partial charge in [0.1, 0.15) is 0 Å². The van der Waals surface area contributed by atoms with E-state index in [-0.39, 0.29) is 0 Å². The first-order valence-electron chi connectivity index (χ1n) is 7.00. The van der Waals surface area contributed by atoms with Gasteiger partial charge in [-0.05, 0) is 36.8 Å². The number of rotatable bonds is 2. The van der Waals surface area contributed by atoms with Gasteiger partial charge >= 0.3 is 0 Å². The molecular formula is C17H13N5. The highest BCUT2D eigenvalue weighted by atomic mass is 15.1. The maximum absolute atomic E-state index is 4.56. The lowest BCUT2D eigenvalue weighted by atomic mass is 10.0. The molecule has 3 heterocycles. The van der Waals surface area contributed by atoms with Crippen LogP contribution in [0.5, 0.6) is 0 Å². The van der Waals surface area contributed by atoms with Gasteiger partial charge in [-0.1, -0.05) is 12.1 Å². The van der Waals surface area contributed by atoms with E-state index in [4.69, 9.17) is 0 Å². The van der Waals surface area contributed by atoms with E-state index in [0.29, 0.717) is 0 Å². The highest BCUT2D eigenvalue weighted by Gasteiger charge is 2.12. The number of nitrogens with zero attached hydrogens (tertiary/aromatic N) is 4. The van der Waals surface area contributed by atoms with Crippen LogP contribution in [0.2, 0.25) is 0 Å². The van der Waals surface area contributed by atoms with Crippen molar-refractivity contribution in [1.29, 1.82) is 0 Å². The largest absolute Gasteiger partial charge is 0.276 e. The lowest BCUT2D eigenvalue weighted by molar-refractivity contribution is 1.08. The van der Waals surface area contributed by atoms with Crippen molar-refractivity contribution in [1.82, 2.24) is 25.1 Å². The Hall–Kier alpha value is -3.08. The molecule has 0 aliphatic carbocycles. The van der Waals surface area contributed by atoms with Crippen LogP contribution >= 0.6 is 0 Å². The van der Waals surface area contributed by atoms with Gasteiger partial charge in [0, 0.05) is 23.7 Å². The molecule has 4 aromatic rings. The van der Waals surface area contributed by atoms with E-state index in [1.807, 2.05) is 49.5 Å². The van der Waals surface area contributed by atoms with Gasteiger partial charge < -0.3 is 0 Å². The number of H-pyrrole nitrogens is 1. The zero-order valence-electron chi connectivity index (χ0n) is 12.0. The SMILES string of the molecule is Cc1cccc(-c2[nH]ncc2-c2ccc3nccnc3c2)n1. The molecule has 0 saturated carbocycles. The second kappa shape index (κ2) is 5.04. The number of aryl methyl sites for hydroxylation is 1. The molecule has 0 aliphatic rings. The minimum Gasteiger partial charge on any atom is -0.276 e. The van der Waals surface area contributed by atoms with Gasteiger partial charge in [-0.3, -0.25) is 20.1 Å². The van der Waals surface area contributed by atoms with Crippen LogP contribution in [0.4, 0.5) is 0 Å². The van der Waals surface area contributed by atoms with Gasteiger partial charge in [-0.25, -0.2) is 0 Å². The van der Waals surface area contributed by atoms with Crippen molar-refractivity contribution in [3.05, 3.63) is 60.7 Å². The summed E-state index contributed by atoms with van der Waals surface area (Å²) in [6.07, 6.45) is 5.21. The summed E-state index contributed by atoms with van der Waals surface area (Å²) in [5.74, 6) is 0. The van der Waals surface area contributed by atoms with Gasteiger partial charge in [-0.2, -0.15) is 5.10 Å². The Morgan fingerprint density at radius 1 is 0.955 bits per heavy atom. The number of fused-ring (bicyclic) bond motifs is 1. The van der Waals surface area contributed by atoms with Gasteiger partial charge in [0.25, 0.3) is 0 Å². The molecule has 0 saturated heterocycles. The normalized spacial score (nSPS) is 11.0. The highest BCUT2D eigenvalue weighted by molar-refractivity contribution is 5.85. The molecule has 0 fully saturated rings. The fourth-order valence-electron chi connectivity index (χ4n) is 2.51. The average molecular weight is 287 g/mol. The van der Waals surface area contributed by atoms with Crippen LogP contribution in [-0.2, 0) is 0 Å². The van der Waals surface area contributed by atoms with Crippen LogP contribution < -0.4 is 0 Å². The summed E-state index contributed by atoms with van der Waals surface area (Å²) < 4.78 is 0. The first kappa shape index (κ1) is 12.6. The van der Waals surface area contributed by atoms with Crippen molar-refractivity contribution in [2.45, 2.75) is 6.92 Å². The number of benzene rings is 1. The molecule has 0 spiro atoms. The smallest absolute Gasteiger partial charge is 0.0912 e. The van der Waals surface area contributed by atoms with E-state index in [9.17, 15) is 0 Å². The zero-order valence-corrected chi connectivity index (χ0v) is 12.0. The van der Waals surface area contributed by atoms with Crippen LogP contribution in [0.1, 0.15) is 5.69 Å². The fourth-order valence-corrected chi connectivity index (χ4v) is 2.51. The molecule has 0 aliphatic heterocycles. The van der Waals surface area contributed by atoms with Crippen molar-refractivity contribution in [2.24, 2.45) is 0 Å². The molecule has 106 valence electrons. The number of pyridine rings is 1. The van der Waals surface area contributed by atoms with Gasteiger partial charge in [0.05, 0.1) is 28.6 Å². The van der Waals surface area contributed by atoms with Gasteiger partial charge in [0.15, 0.2) is 0 Å². The number of hydrogen-bond donors (Lipinski definition) is 1. The minimum absolute atomic E-state index is 0.865. The summed E-state index contributed by atoms with van der Waals surface area (Å²) in [5, 5.41) is 7.23. The van der Waals surface area contributed by atoms with Crippen molar-refractivity contribution in [3.8, 4) is 22.5 Å². The summed E-state index contributed by atoms with van der Waals surface area (Å²) in [6.45, 7) is 1.98. The summed E-state index contributed by atoms with van der Waals surface area (Å²) >= 11 is 0. The van der Waals surface area contributed by atoms with Gasteiger partial charge in [-0.15, -0.1) is 0 Å². The Morgan fingerprint density at radius 3 is 2.68 bits per heavy atom. The first-order valence-corrected chi connectivity index (χ1v) is 7.00. The second-order valence-corrected chi connectivity index (χ2v) is 5.08. The number of hydrogen-bond acceptors (Lipinski definition) is 4. The lowest BCUT2D eigenvalue weighted by Gasteiger charge is -2.05. The molecule has 0 unspecified atom stereocenters. The third-order valence-corrected chi connectivity index (χ3v) is 3.56. The predicted octanol–water partition coefficient (Wildman–Crippen LogP) is 3.39. The second-order valence-electron chi connectivity index (χ2n) is 5.08. The molecule has 3 aromatic heterocycles. The minimum atomic E-state index is 0.865. The Morgan fingerprint density at radius 2 is 1.82 bits per heavy atom. The Labute approximate surface area is 127 Å². The molecule has 1 aromatic carbocycles. The van der Waals surface area contributed by atoms with Gasteiger partial charge in [0.2, 0.25) is 0 Å². The molecule has 0 radical (unpaired) electrons. The van der Waals surface area contributed by atoms with Crippen LogP contribution in [0.15, 0.2) is 55.0 Å². The summed E-state index contributed by atoms with van der Waals surface area (Å²) in [6, 6.07) is 12.0. The molecule has 1 N–H and O–H groups in total. The van der Waals surface area contributed by atoms with E-state index in [1.54, 1.807) is 12.4 Å². The summed E-state index contributed by atoms with van der Waals surface area (Å²) in [7, 11) is 0. The molecule has 4 rings (SSSR count). The highest BCUT2D eigenvalue weighted by Crippen LogP contribution is 2.30. The molecule has 0 atom stereocenters. The molecule has 0 bridgehead atoms. The third-order valence-electron chi connectivity index (χ3n) is 3.56. The van der Waals surface area contributed by atoms with Crippen molar-refractivity contribution < 1.29 is 0 Å².